The van der Waals surface area contributed by atoms with Crippen molar-refractivity contribution in [1.29, 1.82) is 0 Å². The number of nitrogens with two attached hydrogens (primary N) is 1. The number of hydrogen-bond donors (Lipinski definition) is 2. The van der Waals surface area contributed by atoms with Crippen molar-refractivity contribution >= 4 is 0 Å². The molecule has 1 aliphatic heterocycles. The third kappa shape index (κ3) is 1.98. The average molecular weight is 206 g/mol. The fraction of sp³-hybridized carbons (Fsp3) is 0.500. The van der Waals surface area contributed by atoms with Gasteiger partial charge in [-0.05, 0) is 32.0 Å². The topological polar surface area (TPSA) is 49.5 Å². The summed E-state index contributed by atoms with van der Waals surface area (Å²) in [7, 11) is 2.09. The van der Waals surface area contributed by atoms with Crippen LogP contribution in [-0.2, 0) is 0 Å². The van der Waals surface area contributed by atoms with Crippen molar-refractivity contribution in [3.05, 3.63) is 29.8 Å². The van der Waals surface area contributed by atoms with Gasteiger partial charge in [0, 0.05) is 18.2 Å². The molecule has 0 aliphatic carbocycles. The number of rotatable bonds is 2. The highest BCUT2D eigenvalue weighted by Crippen LogP contribution is 2.37. The minimum absolute atomic E-state index is 0.319. The Morgan fingerprint density at radius 3 is 2.80 bits per heavy atom. The van der Waals surface area contributed by atoms with Crippen molar-refractivity contribution in [3.63, 3.8) is 0 Å². The first kappa shape index (κ1) is 10.5. The summed E-state index contributed by atoms with van der Waals surface area (Å²) in [6, 6.07) is 7.89. The second-order valence-electron chi connectivity index (χ2n) is 4.35. The van der Waals surface area contributed by atoms with Crippen LogP contribution in [0.25, 0.3) is 0 Å². The van der Waals surface area contributed by atoms with E-state index >= 15 is 0 Å². The van der Waals surface area contributed by atoms with Crippen LogP contribution in [0.2, 0.25) is 0 Å². The minimum atomic E-state index is 0.319. The highest BCUT2D eigenvalue weighted by Gasteiger charge is 2.30. The van der Waals surface area contributed by atoms with Crippen LogP contribution < -0.4 is 5.73 Å². The summed E-state index contributed by atoms with van der Waals surface area (Å²) in [5.74, 6) is 0.951. The van der Waals surface area contributed by atoms with Gasteiger partial charge in [-0.2, -0.15) is 0 Å². The van der Waals surface area contributed by atoms with Crippen molar-refractivity contribution in [2.45, 2.75) is 12.5 Å². The van der Waals surface area contributed by atoms with Gasteiger partial charge in [-0.3, -0.25) is 4.90 Å². The molecule has 0 saturated carbocycles. The number of aromatic hydroxyl groups is 1. The Morgan fingerprint density at radius 2 is 2.20 bits per heavy atom. The van der Waals surface area contributed by atoms with E-state index in [1.54, 1.807) is 6.07 Å². The molecule has 0 radical (unpaired) electrons. The van der Waals surface area contributed by atoms with E-state index in [4.69, 9.17) is 5.73 Å². The number of para-hydroxylation sites is 1. The first-order valence-electron chi connectivity index (χ1n) is 5.40. The van der Waals surface area contributed by atoms with E-state index in [1.807, 2.05) is 18.2 Å². The zero-order valence-electron chi connectivity index (χ0n) is 9.06. The molecular formula is C12H18N2O. The van der Waals surface area contributed by atoms with Crippen LogP contribution in [0.5, 0.6) is 5.75 Å². The molecule has 0 spiro atoms. The predicted octanol–water partition coefficient (Wildman–Crippen LogP) is 1.34. The molecule has 0 aromatic heterocycles. The predicted molar refractivity (Wildman–Crippen MR) is 60.6 cm³/mol. The van der Waals surface area contributed by atoms with Crippen LogP contribution in [0.3, 0.4) is 0 Å². The van der Waals surface area contributed by atoms with E-state index < -0.39 is 0 Å². The Labute approximate surface area is 90.5 Å². The van der Waals surface area contributed by atoms with Gasteiger partial charge in [0.1, 0.15) is 5.75 Å². The van der Waals surface area contributed by atoms with Gasteiger partial charge in [0.15, 0.2) is 0 Å². The van der Waals surface area contributed by atoms with Crippen LogP contribution in [0, 0.1) is 5.92 Å². The van der Waals surface area contributed by atoms with Crippen molar-refractivity contribution in [3.8, 4) is 5.75 Å². The molecule has 82 valence electrons. The maximum absolute atomic E-state index is 9.79. The summed E-state index contributed by atoms with van der Waals surface area (Å²) in [6.07, 6.45) is 1.05. The fourth-order valence-corrected chi connectivity index (χ4v) is 2.41. The molecule has 3 N–H and O–H groups in total. The van der Waals surface area contributed by atoms with Gasteiger partial charge in [-0.25, -0.2) is 0 Å². The van der Waals surface area contributed by atoms with Crippen LogP contribution >= 0.6 is 0 Å². The molecule has 0 bridgehead atoms. The summed E-state index contributed by atoms with van der Waals surface area (Å²) in [5.41, 5.74) is 6.71. The standard InChI is InChI=1S/C12H18N2O/c1-14-8-9(7-13)6-11(14)10-4-2-3-5-12(10)15/h2-5,9,11,15H,6-8,13H2,1H3. The van der Waals surface area contributed by atoms with E-state index in [9.17, 15) is 5.11 Å². The zero-order valence-corrected chi connectivity index (χ0v) is 9.06. The van der Waals surface area contributed by atoms with E-state index in [1.165, 1.54) is 0 Å². The van der Waals surface area contributed by atoms with Crippen LogP contribution in [0.1, 0.15) is 18.0 Å². The normalized spacial score (nSPS) is 27.1. The summed E-state index contributed by atoms with van der Waals surface area (Å²) in [4.78, 5) is 2.27. The summed E-state index contributed by atoms with van der Waals surface area (Å²) < 4.78 is 0. The van der Waals surface area contributed by atoms with E-state index in [2.05, 4.69) is 11.9 Å². The average Bonchev–Trinajstić information content (AvgIpc) is 2.60. The molecule has 3 nitrogen and oxygen atoms in total. The lowest BCUT2D eigenvalue weighted by molar-refractivity contribution is 0.306. The first-order valence-corrected chi connectivity index (χ1v) is 5.40. The lowest BCUT2D eigenvalue weighted by Gasteiger charge is -2.20. The molecule has 1 saturated heterocycles. The Bertz CT molecular complexity index is 340. The van der Waals surface area contributed by atoms with Crippen molar-refractivity contribution < 1.29 is 5.11 Å². The molecule has 1 aromatic carbocycles. The Morgan fingerprint density at radius 1 is 1.47 bits per heavy atom. The molecule has 2 atom stereocenters. The van der Waals surface area contributed by atoms with Gasteiger partial charge in [0.05, 0.1) is 0 Å². The lowest BCUT2D eigenvalue weighted by atomic mass is 9.99. The van der Waals surface area contributed by atoms with Crippen LogP contribution in [-0.4, -0.2) is 30.1 Å². The van der Waals surface area contributed by atoms with E-state index in [0.717, 1.165) is 25.1 Å². The smallest absolute Gasteiger partial charge is 0.120 e. The van der Waals surface area contributed by atoms with Crippen LogP contribution in [0.4, 0.5) is 0 Å². The van der Waals surface area contributed by atoms with Crippen molar-refractivity contribution in [2.75, 3.05) is 20.1 Å². The second-order valence-corrected chi connectivity index (χ2v) is 4.35. The Kier molecular flexibility index (Phi) is 2.93. The third-order valence-electron chi connectivity index (χ3n) is 3.26. The summed E-state index contributed by atoms with van der Waals surface area (Å²) in [6.45, 7) is 1.75. The van der Waals surface area contributed by atoms with Gasteiger partial charge >= 0.3 is 0 Å². The highest BCUT2D eigenvalue weighted by atomic mass is 16.3. The second kappa shape index (κ2) is 4.21. The van der Waals surface area contributed by atoms with Gasteiger partial charge in [0.25, 0.3) is 0 Å². The number of likely N-dealkylation sites (tertiary alicyclic amines) is 1. The fourth-order valence-electron chi connectivity index (χ4n) is 2.41. The number of phenols is 1. The first-order chi connectivity index (χ1) is 7.22. The Hall–Kier alpha value is -1.06. The molecule has 1 fully saturated rings. The highest BCUT2D eigenvalue weighted by molar-refractivity contribution is 5.35. The molecule has 1 heterocycles. The van der Waals surface area contributed by atoms with Gasteiger partial charge in [-0.1, -0.05) is 18.2 Å². The largest absolute Gasteiger partial charge is 0.508 e. The molecule has 15 heavy (non-hydrogen) atoms. The number of benzene rings is 1. The molecule has 3 heteroatoms. The Balaban J connectivity index is 2.21. The summed E-state index contributed by atoms with van der Waals surface area (Å²) in [5, 5.41) is 9.79. The van der Waals surface area contributed by atoms with Crippen molar-refractivity contribution in [2.24, 2.45) is 11.7 Å². The number of phenolic OH excluding ortho intramolecular Hbond substituents is 1. The van der Waals surface area contributed by atoms with E-state index in [-0.39, 0.29) is 0 Å². The van der Waals surface area contributed by atoms with Gasteiger partial charge < -0.3 is 10.8 Å². The number of hydrogen-bond acceptors (Lipinski definition) is 3. The van der Waals surface area contributed by atoms with Gasteiger partial charge in [-0.15, -0.1) is 0 Å². The molecule has 2 rings (SSSR count). The van der Waals surface area contributed by atoms with E-state index in [0.29, 0.717) is 17.7 Å². The quantitative estimate of drug-likeness (QED) is 0.767. The SMILES string of the molecule is CN1CC(CN)CC1c1ccccc1O. The monoisotopic (exact) mass is 206 g/mol. The molecular weight excluding hydrogens is 188 g/mol. The maximum Gasteiger partial charge on any atom is 0.120 e. The van der Waals surface area contributed by atoms with Crippen LogP contribution in [0.15, 0.2) is 24.3 Å². The molecule has 1 aromatic rings. The minimum Gasteiger partial charge on any atom is -0.508 e. The molecule has 2 unspecified atom stereocenters. The molecule has 0 amide bonds. The van der Waals surface area contributed by atoms with Crippen molar-refractivity contribution in [1.82, 2.24) is 4.90 Å². The molecule has 1 aliphatic rings. The zero-order chi connectivity index (χ0) is 10.8. The number of nitrogens with zero attached hydrogens (tertiary/aromatic N) is 1. The lowest BCUT2D eigenvalue weighted by Crippen LogP contribution is -2.20. The maximum atomic E-state index is 9.79. The van der Waals surface area contributed by atoms with Gasteiger partial charge in [0.2, 0.25) is 0 Å². The third-order valence-corrected chi connectivity index (χ3v) is 3.26. The summed E-state index contributed by atoms with van der Waals surface area (Å²) >= 11 is 0.